The summed E-state index contributed by atoms with van der Waals surface area (Å²) in [5.41, 5.74) is 0. The third-order valence-corrected chi connectivity index (χ3v) is 2.15. The monoisotopic (exact) mass is 190 g/mol. The standard InChI is InChI=1S/C7H10O6/c1-2-3-4-6(11-4)7(9,10)13-5(8)12-6/h4,9-10H,2-3H2,1H3. The summed E-state index contributed by atoms with van der Waals surface area (Å²) >= 11 is 0. The summed E-state index contributed by atoms with van der Waals surface area (Å²) in [6, 6.07) is 0. The molecule has 2 fully saturated rings. The molecule has 1 spiro atoms. The molecule has 2 N–H and O–H groups in total. The molecular formula is C7H10O6. The summed E-state index contributed by atoms with van der Waals surface area (Å²) in [5, 5.41) is 18.4. The van der Waals surface area contributed by atoms with Crippen molar-refractivity contribution >= 4 is 6.16 Å². The van der Waals surface area contributed by atoms with E-state index in [9.17, 15) is 15.0 Å². The van der Waals surface area contributed by atoms with Gasteiger partial charge < -0.3 is 24.4 Å². The zero-order valence-electron chi connectivity index (χ0n) is 7.02. The van der Waals surface area contributed by atoms with Crippen LogP contribution in [0, 0.1) is 0 Å². The second-order valence-corrected chi connectivity index (χ2v) is 3.13. The second-order valence-electron chi connectivity index (χ2n) is 3.13. The maximum Gasteiger partial charge on any atom is 0.515 e. The number of ether oxygens (including phenoxy) is 3. The van der Waals surface area contributed by atoms with E-state index in [2.05, 4.69) is 9.47 Å². The zero-order chi connectivity index (χ0) is 9.69. The number of cyclic esters (lactones) is 1. The van der Waals surface area contributed by atoms with Crippen LogP contribution in [0.15, 0.2) is 0 Å². The molecule has 0 aromatic heterocycles. The van der Waals surface area contributed by atoms with E-state index in [0.717, 1.165) is 6.42 Å². The molecule has 2 aliphatic rings. The summed E-state index contributed by atoms with van der Waals surface area (Å²) in [5.74, 6) is -4.33. The van der Waals surface area contributed by atoms with Crippen molar-refractivity contribution < 1.29 is 29.2 Å². The van der Waals surface area contributed by atoms with E-state index < -0.39 is 24.0 Å². The Labute approximate surface area is 74.0 Å². The fraction of sp³-hybridized carbons (Fsp3) is 0.857. The summed E-state index contributed by atoms with van der Waals surface area (Å²) in [4.78, 5) is 10.6. The Balaban J connectivity index is 2.13. The van der Waals surface area contributed by atoms with Crippen LogP contribution in [0.1, 0.15) is 19.8 Å². The first-order valence-corrected chi connectivity index (χ1v) is 4.06. The van der Waals surface area contributed by atoms with E-state index in [1.807, 2.05) is 6.92 Å². The molecule has 6 heteroatoms. The van der Waals surface area contributed by atoms with E-state index in [4.69, 9.17) is 4.74 Å². The normalized spacial score (nSPS) is 40.2. The van der Waals surface area contributed by atoms with Gasteiger partial charge in [-0.25, -0.2) is 4.79 Å². The van der Waals surface area contributed by atoms with Crippen LogP contribution in [0.4, 0.5) is 4.79 Å². The zero-order valence-corrected chi connectivity index (χ0v) is 7.02. The van der Waals surface area contributed by atoms with Crippen molar-refractivity contribution in [1.29, 1.82) is 0 Å². The van der Waals surface area contributed by atoms with Crippen LogP contribution < -0.4 is 0 Å². The minimum absolute atomic E-state index is 0.487. The first-order valence-electron chi connectivity index (χ1n) is 4.06. The molecule has 2 unspecified atom stereocenters. The molecule has 0 aromatic rings. The first kappa shape index (κ1) is 8.74. The molecule has 6 nitrogen and oxygen atoms in total. The molecule has 0 radical (unpaired) electrons. The third-order valence-electron chi connectivity index (χ3n) is 2.15. The van der Waals surface area contributed by atoms with E-state index in [1.54, 1.807) is 0 Å². The van der Waals surface area contributed by atoms with Crippen molar-refractivity contribution in [3.05, 3.63) is 0 Å². The number of carbonyl (C=O) groups excluding carboxylic acids is 1. The van der Waals surface area contributed by atoms with Gasteiger partial charge in [0.15, 0.2) is 0 Å². The Kier molecular flexibility index (Phi) is 1.57. The number of aliphatic hydroxyl groups is 2. The van der Waals surface area contributed by atoms with Gasteiger partial charge in [-0.05, 0) is 6.42 Å². The Bertz CT molecular complexity index is 249. The minimum atomic E-state index is -2.65. The smallest absolute Gasteiger partial charge is 0.388 e. The molecule has 0 saturated carbocycles. The molecule has 74 valence electrons. The van der Waals surface area contributed by atoms with Crippen LogP contribution in [0.3, 0.4) is 0 Å². The number of carbonyl (C=O) groups is 1. The molecule has 0 amide bonds. The molecule has 0 bridgehead atoms. The lowest BCUT2D eigenvalue weighted by atomic mass is 10.1. The van der Waals surface area contributed by atoms with Crippen LogP contribution in [0.25, 0.3) is 0 Å². The van der Waals surface area contributed by atoms with Crippen molar-refractivity contribution in [2.24, 2.45) is 0 Å². The molecular weight excluding hydrogens is 180 g/mol. The average molecular weight is 190 g/mol. The third kappa shape index (κ3) is 1.03. The van der Waals surface area contributed by atoms with Gasteiger partial charge in [-0.1, -0.05) is 13.3 Å². The van der Waals surface area contributed by atoms with Gasteiger partial charge in [0.1, 0.15) is 6.10 Å². The average Bonchev–Trinajstić information content (AvgIpc) is 2.57. The second kappa shape index (κ2) is 2.34. The van der Waals surface area contributed by atoms with Gasteiger partial charge in [0, 0.05) is 0 Å². The van der Waals surface area contributed by atoms with Crippen molar-refractivity contribution in [2.45, 2.75) is 37.6 Å². The summed E-state index contributed by atoms with van der Waals surface area (Å²) in [6.45, 7) is 1.91. The SMILES string of the molecule is CCCC1OC12OC(=O)OC2(O)O. The van der Waals surface area contributed by atoms with Gasteiger partial charge in [0.25, 0.3) is 0 Å². The highest BCUT2D eigenvalue weighted by atomic mass is 17.0. The highest BCUT2D eigenvalue weighted by Crippen LogP contribution is 2.51. The largest absolute Gasteiger partial charge is 0.515 e. The summed E-state index contributed by atoms with van der Waals surface area (Å²) < 4.78 is 13.6. The van der Waals surface area contributed by atoms with Crippen LogP contribution in [0.5, 0.6) is 0 Å². The highest BCUT2D eigenvalue weighted by Gasteiger charge is 2.79. The summed E-state index contributed by atoms with van der Waals surface area (Å²) in [7, 11) is 0. The fourth-order valence-electron chi connectivity index (χ4n) is 1.46. The van der Waals surface area contributed by atoms with Crippen LogP contribution in [-0.2, 0) is 14.2 Å². The van der Waals surface area contributed by atoms with Gasteiger partial charge >= 0.3 is 17.9 Å². The van der Waals surface area contributed by atoms with E-state index >= 15 is 0 Å². The lowest BCUT2D eigenvalue weighted by molar-refractivity contribution is -0.336. The Morgan fingerprint density at radius 2 is 2.15 bits per heavy atom. The van der Waals surface area contributed by atoms with Crippen molar-refractivity contribution in [2.75, 3.05) is 0 Å². The van der Waals surface area contributed by atoms with Crippen molar-refractivity contribution in [3.63, 3.8) is 0 Å². The Hall–Kier alpha value is -0.850. The van der Waals surface area contributed by atoms with Gasteiger partial charge in [0.05, 0.1) is 0 Å². The molecule has 2 rings (SSSR count). The quantitative estimate of drug-likeness (QED) is 0.352. The molecule has 2 saturated heterocycles. The lowest BCUT2D eigenvalue weighted by Crippen LogP contribution is -2.44. The Morgan fingerprint density at radius 3 is 2.62 bits per heavy atom. The molecule has 2 atom stereocenters. The number of hydrogen-bond acceptors (Lipinski definition) is 6. The van der Waals surface area contributed by atoms with Gasteiger partial charge in [0.2, 0.25) is 0 Å². The maximum absolute atomic E-state index is 10.6. The molecule has 0 aliphatic carbocycles. The van der Waals surface area contributed by atoms with Crippen LogP contribution in [0.2, 0.25) is 0 Å². The van der Waals surface area contributed by atoms with Crippen LogP contribution >= 0.6 is 0 Å². The topological polar surface area (TPSA) is 88.5 Å². The summed E-state index contributed by atoms with van der Waals surface area (Å²) in [6.07, 6.45) is -0.234. The van der Waals surface area contributed by atoms with Crippen LogP contribution in [-0.4, -0.2) is 34.2 Å². The number of epoxide rings is 1. The maximum atomic E-state index is 10.6. The van der Waals surface area contributed by atoms with Gasteiger partial charge in [-0.2, -0.15) is 0 Å². The molecule has 0 aromatic carbocycles. The molecule has 13 heavy (non-hydrogen) atoms. The van der Waals surface area contributed by atoms with Crippen molar-refractivity contribution in [1.82, 2.24) is 0 Å². The van der Waals surface area contributed by atoms with Gasteiger partial charge in [-0.3, -0.25) is 0 Å². The molecule has 2 aliphatic heterocycles. The Morgan fingerprint density at radius 1 is 1.46 bits per heavy atom. The number of hydrogen-bond donors (Lipinski definition) is 2. The minimum Gasteiger partial charge on any atom is -0.388 e. The van der Waals surface area contributed by atoms with E-state index in [0.29, 0.717) is 6.42 Å². The highest BCUT2D eigenvalue weighted by molar-refractivity contribution is 5.64. The number of rotatable bonds is 2. The predicted molar refractivity (Wildman–Crippen MR) is 37.2 cm³/mol. The van der Waals surface area contributed by atoms with Gasteiger partial charge in [-0.15, -0.1) is 0 Å². The van der Waals surface area contributed by atoms with E-state index in [-0.39, 0.29) is 0 Å². The van der Waals surface area contributed by atoms with E-state index in [1.165, 1.54) is 0 Å². The fourth-order valence-corrected chi connectivity index (χ4v) is 1.46. The molecule has 2 heterocycles. The first-order chi connectivity index (χ1) is 6.02. The van der Waals surface area contributed by atoms with Crippen molar-refractivity contribution in [3.8, 4) is 0 Å². The lowest BCUT2D eigenvalue weighted by Gasteiger charge is -2.14. The predicted octanol–water partition coefficient (Wildman–Crippen LogP) is -0.313.